The quantitative estimate of drug-likeness (QED) is 0.613. The van der Waals surface area contributed by atoms with E-state index < -0.39 is 0 Å². The van der Waals surface area contributed by atoms with Crippen molar-refractivity contribution in [2.24, 2.45) is 0 Å². The first-order valence-electron chi connectivity index (χ1n) is 4.33. The highest BCUT2D eigenvalue weighted by molar-refractivity contribution is 9.10. The van der Waals surface area contributed by atoms with Crippen LogP contribution in [-0.2, 0) is 16.0 Å². The number of ether oxygens (including phenoxy) is 1. The van der Waals surface area contributed by atoms with Crippen molar-refractivity contribution in [1.29, 1.82) is 0 Å². The molecule has 0 amide bonds. The summed E-state index contributed by atoms with van der Waals surface area (Å²) in [4.78, 5) is 14.3. The Labute approximate surface area is 91.6 Å². The van der Waals surface area contributed by atoms with Crippen LogP contribution in [0.2, 0.25) is 0 Å². The predicted molar refractivity (Wildman–Crippen MR) is 57.1 cm³/mol. The van der Waals surface area contributed by atoms with Crippen LogP contribution in [-0.4, -0.2) is 18.1 Å². The largest absolute Gasteiger partial charge is 0.467 e. The van der Waals surface area contributed by atoms with Gasteiger partial charge >= 0.3 is 0 Å². The molecule has 14 heavy (non-hydrogen) atoms. The van der Waals surface area contributed by atoms with E-state index in [-0.39, 0.29) is 0 Å². The summed E-state index contributed by atoms with van der Waals surface area (Å²) in [6, 6.07) is 1.97. The van der Waals surface area contributed by atoms with Crippen LogP contribution in [0.5, 0.6) is 0 Å². The Hall–Kier alpha value is -0.900. The zero-order valence-electron chi connectivity index (χ0n) is 8.21. The molecule has 0 fully saturated rings. The third-order valence-electron chi connectivity index (χ3n) is 1.96. The molecule has 0 radical (unpaired) electrons. The molecule has 1 heterocycles. The van der Waals surface area contributed by atoms with Crippen molar-refractivity contribution in [1.82, 2.24) is 4.98 Å². The van der Waals surface area contributed by atoms with E-state index in [0.717, 1.165) is 21.4 Å². The second-order valence-corrected chi connectivity index (χ2v) is 3.89. The normalized spacial score (nSPS) is 9.93. The van der Waals surface area contributed by atoms with Crippen molar-refractivity contribution >= 4 is 22.4 Å². The Bertz CT molecular complexity index is 339. The van der Waals surface area contributed by atoms with Gasteiger partial charge in [-0.1, -0.05) is 15.9 Å². The number of carbonyl (C=O) groups is 1. The zero-order valence-corrected chi connectivity index (χ0v) is 9.80. The number of aromatic nitrogens is 1. The minimum absolute atomic E-state index is 0.382. The van der Waals surface area contributed by atoms with Gasteiger partial charge in [0.1, 0.15) is 0 Å². The highest BCUT2D eigenvalue weighted by Crippen LogP contribution is 2.19. The predicted octanol–water partition coefficient (Wildman–Crippen LogP) is 2.18. The third-order valence-corrected chi connectivity index (χ3v) is 2.79. The number of rotatable bonds is 4. The van der Waals surface area contributed by atoms with Crippen molar-refractivity contribution < 1.29 is 9.53 Å². The molecule has 0 saturated carbocycles. The summed E-state index contributed by atoms with van der Waals surface area (Å²) < 4.78 is 5.68. The Kier molecular flexibility index (Phi) is 4.07. The number of carbonyl (C=O) groups excluding carboxylic acids is 1. The van der Waals surface area contributed by atoms with E-state index in [1.54, 1.807) is 0 Å². The monoisotopic (exact) mass is 257 g/mol. The van der Waals surface area contributed by atoms with Gasteiger partial charge in [0.15, 0.2) is 0 Å². The molecule has 0 atom stereocenters. The summed E-state index contributed by atoms with van der Waals surface area (Å²) in [5.41, 5.74) is 3.03. The molecule has 1 aromatic heterocycles. The van der Waals surface area contributed by atoms with E-state index in [2.05, 4.69) is 25.7 Å². The average molecular weight is 258 g/mol. The topological polar surface area (TPSA) is 39.2 Å². The Morgan fingerprint density at radius 2 is 2.29 bits per heavy atom. The Morgan fingerprint density at radius 1 is 1.57 bits per heavy atom. The summed E-state index contributed by atoms with van der Waals surface area (Å²) in [7, 11) is 0. The zero-order chi connectivity index (χ0) is 10.6. The molecule has 0 unspecified atom stereocenters. The standard InChI is InChI=1S/C10H12BrNO2/c1-7-5-9(11)8(2)10(12-7)3-4-14-6-13/h5-6H,3-4H2,1-2H3. The smallest absolute Gasteiger partial charge is 0.293 e. The molecule has 0 N–H and O–H groups in total. The number of halogens is 1. The summed E-state index contributed by atoms with van der Waals surface area (Å²) >= 11 is 3.46. The fourth-order valence-corrected chi connectivity index (χ4v) is 1.77. The SMILES string of the molecule is Cc1cc(Br)c(C)c(CCOC=O)n1. The molecule has 1 aromatic rings. The maximum absolute atomic E-state index is 9.96. The van der Waals surface area contributed by atoms with Crippen LogP contribution >= 0.6 is 15.9 Å². The molecule has 3 nitrogen and oxygen atoms in total. The van der Waals surface area contributed by atoms with Gasteiger partial charge in [0, 0.05) is 22.3 Å². The van der Waals surface area contributed by atoms with E-state index in [1.807, 2.05) is 19.9 Å². The molecular weight excluding hydrogens is 246 g/mol. The lowest BCUT2D eigenvalue weighted by Gasteiger charge is -2.07. The lowest BCUT2D eigenvalue weighted by atomic mass is 10.1. The van der Waals surface area contributed by atoms with E-state index in [0.29, 0.717) is 19.5 Å². The minimum Gasteiger partial charge on any atom is -0.467 e. The van der Waals surface area contributed by atoms with Crippen molar-refractivity contribution in [3.05, 3.63) is 27.5 Å². The third kappa shape index (κ3) is 2.80. The van der Waals surface area contributed by atoms with E-state index in [1.165, 1.54) is 0 Å². The summed E-state index contributed by atoms with van der Waals surface area (Å²) in [5.74, 6) is 0. The first-order chi connectivity index (χ1) is 6.65. The maximum Gasteiger partial charge on any atom is 0.293 e. The summed E-state index contributed by atoms with van der Waals surface area (Å²) in [6.45, 7) is 4.77. The molecule has 0 aromatic carbocycles. The molecule has 1 rings (SSSR count). The van der Waals surface area contributed by atoms with Gasteiger partial charge in [-0.05, 0) is 25.5 Å². The Balaban J connectivity index is 2.79. The van der Waals surface area contributed by atoms with Crippen LogP contribution in [0.1, 0.15) is 17.0 Å². The van der Waals surface area contributed by atoms with Crippen molar-refractivity contribution in [3.63, 3.8) is 0 Å². The van der Waals surface area contributed by atoms with E-state index in [9.17, 15) is 4.79 Å². The number of hydrogen-bond donors (Lipinski definition) is 0. The Morgan fingerprint density at radius 3 is 2.93 bits per heavy atom. The van der Waals surface area contributed by atoms with Gasteiger partial charge in [0.05, 0.1) is 6.61 Å². The second-order valence-electron chi connectivity index (χ2n) is 3.03. The summed E-state index contributed by atoms with van der Waals surface area (Å²) in [6.07, 6.45) is 0.658. The van der Waals surface area contributed by atoms with Gasteiger partial charge in [-0.25, -0.2) is 0 Å². The molecule has 0 aliphatic rings. The number of aryl methyl sites for hydroxylation is 1. The van der Waals surface area contributed by atoms with E-state index >= 15 is 0 Å². The fraction of sp³-hybridized carbons (Fsp3) is 0.400. The van der Waals surface area contributed by atoms with Gasteiger partial charge in [-0.15, -0.1) is 0 Å². The van der Waals surface area contributed by atoms with Crippen molar-refractivity contribution in [3.8, 4) is 0 Å². The molecule has 4 heteroatoms. The van der Waals surface area contributed by atoms with Gasteiger partial charge < -0.3 is 4.74 Å². The number of pyridine rings is 1. The molecular formula is C10H12BrNO2. The lowest BCUT2D eigenvalue weighted by molar-refractivity contribution is -0.128. The first-order valence-corrected chi connectivity index (χ1v) is 5.12. The van der Waals surface area contributed by atoms with Crippen LogP contribution in [0.15, 0.2) is 10.5 Å². The van der Waals surface area contributed by atoms with Crippen LogP contribution in [0, 0.1) is 13.8 Å². The maximum atomic E-state index is 9.96. The number of hydrogen-bond acceptors (Lipinski definition) is 3. The molecule has 0 bridgehead atoms. The van der Waals surface area contributed by atoms with Crippen LogP contribution in [0.3, 0.4) is 0 Å². The summed E-state index contributed by atoms with van der Waals surface area (Å²) in [5, 5.41) is 0. The molecule has 0 aliphatic heterocycles. The fourth-order valence-electron chi connectivity index (χ4n) is 1.21. The van der Waals surface area contributed by atoms with Gasteiger partial charge in [-0.2, -0.15) is 0 Å². The highest BCUT2D eigenvalue weighted by atomic mass is 79.9. The number of nitrogens with zero attached hydrogens (tertiary/aromatic N) is 1. The van der Waals surface area contributed by atoms with Crippen molar-refractivity contribution in [2.45, 2.75) is 20.3 Å². The molecule has 0 spiro atoms. The first kappa shape index (κ1) is 11.2. The molecule has 76 valence electrons. The van der Waals surface area contributed by atoms with E-state index in [4.69, 9.17) is 0 Å². The van der Waals surface area contributed by atoms with Gasteiger partial charge in [-0.3, -0.25) is 9.78 Å². The van der Waals surface area contributed by atoms with Crippen LogP contribution in [0.4, 0.5) is 0 Å². The van der Waals surface area contributed by atoms with Gasteiger partial charge in [0.25, 0.3) is 6.47 Å². The van der Waals surface area contributed by atoms with Crippen LogP contribution in [0.25, 0.3) is 0 Å². The van der Waals surface area contributed by atoms with Crippen LogP contribution < -0.4 is 0 Å². The second kappa shape index (κ2) is 5.10. The lowest BCUT2D eigenvalue weighted by Crippen LogP contribution is -2.03. The van der Waals surface area contributed by atoms with Gasteiger partial charge in [0.2, 0.25) is 0 Å². The average Bonchev–Trinajstić information content (AvgIpc) is 2.13. The molecule has 0 aliphatic carbocycles. The van der Waals surface area contributed by atoms with Crippen molar-refractivity contribution in [2.75, 3.05) is 6.61 Å². The molecule has 0 saturated heterocycles. The minimum atomic E-state index is 0.382. The highest BCUT2D eigenvalue weighted by Gasteiger charge is 2.05.